The summed E-state index contributed by atoms with van der Waals surface area (Å²) in [5.74, 6) is 0.835. The molecule has 0 N–H and O–H groups in total. The van der Waals surface area contributed by atoms with Crippen LogP contribution >= 0.6 is 0 Å². The Bertz CT molecular complexity index is 228. The zero-order valence-electron chi connectivity index (χ0n) is 6.79. The van der Waals surface area contributed by atoms with Crippen LogP contribution in [0.15, 0.2) is 22.8 Å². The van der Waals surface area contributed by atoms with E-state index in [1.165, 1.54) is 0 Å². The zero-order chi connectivity index (χ0) is 8.27. The molecule has 1 rings (SSSR count). The molecule has 0 radical (unpaired) electrons. The smallest absolute Gasteiger partial charge is 0.115 e. The average molecular weight is 172 g/mol. The van der Waals surface area contributed by atoms with E-state index in [0.29, 0.717) is 0 Å². The molecule has 0 saturated carbocycles. The molecule has 0 aliphatic heterocycles. The molecule has 1 aliphatic carbocycles. The van der Waals surface area contributed by atoms with Gasteiger partial charge in [0.2, 0.25) is 0 Å². The lowest BCUT2D eigenvalue weighted by Crippen LogP contribution is -1.98. The Kier molecular flexibility index (Phi) is 2.88. The van der Waals surface area contributed by atoms with E-state index in [1.807, 2.05) is 12.2 Å². The lowest BCUT2D eigenvalue weighted by Gasteiger charge is -2.10. The van der Waals surface area contributed by atoms with E-state index in [9.17, 15) is 4.21 Å². The van der Waals surface area contributed by atoms with Crippen LogP contribution in [-0.4, -0.2) is 17.6 Å². The van der Waals surface area contributed by atoms with Gasteiger partial charge in [0.15, 0.2) is 0 Å². The van der Waals surface area contributed by atoms with Crippen molar-refractivity contribution in [2.45, 2.75) is 12.8 Å². The van der Waals surface area contributed by atoms with E-state index in [4.69, 9.17) is 4.74 Å². The molecule has 11 heavy (non-hydrogen) atoms. The second kappa shape index (κ2) is 3.72. The Morgan fingerprint density at radius 1 is 1.64 bits per heavy atom. The fourth-order valence-electron chi connectivity index (χ4n) is 1.02. The summed E-state index contributed by atoms with van der Waals surface area (Å²) in [6.45, 7) is 0. The molecule has 62 valence electrons. The molecule has 0 saturated heterocycles. The molecule has 2 nitrogen and oxygen atoms in total. The highest BCUT2D eigenvalue weighted by Gasteiger charge is 2.07. The fraction of sp³-hybridized carbons (Fsp3) is 0.500. The Hall–Kier alpha value is -0.570. The highest BCUT2D eigenvalue weighted by atomic mass is 32.2. The minimum Gasteiger partial charge on any atom is -0.497 e. The largest absolute Gasteiger partial charge is 0.497 e. The molecule has 1 unspecified atom stereocenters. The molecule has 3 heteroatoms. The summed E-state index contributed by atoms with van der Waals surface area (Å²) >= 11 is 0. The van der Waals surface area contributed by atoms with Crippen molar-refractivity contribution < 1.29 is 8.95 Å². The van der Waals surface area contributed by atoms with Crippen LogP contribution in [0.25, 0.3) is 0 Å². The maximum absolute atomic E-state index is 11.0. The van der Waals surface area contributed by atoms with Gasteiger partial charge in [0, 0.05) is 22.0 Å². The van der Waals surface area contributed by atoms with Crippen molar-refractivity contribution in [3.8, 4) is 0 Å². The number of hydrogen-bond acceptors (Lipinski definition) is 2. The standard InChI is InChI=1S/C8H12O2S/c1-10-7-4-3-5-8(6-7)11(2)9/h4,6H,3,5H2,1-2H3. The quantitative estimate of drug-likeness (QED) is 0.632. The van der Waals surface area contributed by atoms with Crippen LogP contribution in [0, 0.1) is 0 Å². The molecule has 0 heterocycles. The lowest BCUT2D eigenvalue weighted by atomic mass is 10.2. The highest BCUT2D eigenvalue weighted by molar-refractivity contribution is 7.88. The summed E-state index contributed by atoms with van der Waals surface area (Å²) in [5.41, 5.74) is 0. The van der Waals surface area contributed by atoms with Gasteiger partial charge in [-0.2, -0.15) is 0 Å². The van der Waals surface area contributed by atoms with Crippen molar-refractivity contribution in [1.29, 1.82) is 0 Å². The molecule has 1 aliphatic rings. The first kappa shape index (κ1) is 8.53. The number of ether oxygens (including phenoxy) is 1. The third-order valence-corrected chi connectivity index (χ3v) is 2.70. The summed E-state index contributed by atoms with van der Waals surface area (Å²) in [6.07, 6.45) is 7.41. The summed E-state index contributed by atoms with van der Waals surface area (Å²) in [5, 5.41) is 0. The lowest BCUT2D eigenvalue weighted by molar-refractivity contribution is 0.303. The van der Waals surface area contributed by atoms with Gasteiger partial charge in [-0.05, 0) is 25.0 Å². The van der Waals surface area contributed by atoms with Gasteiger partial charge in [-0.3, -0.25) is 4.21 Å². The van der Waals surface area contributed by atoms with Gasteiger partial charge in [0.1, 0.15) is 5.76 Å². The van der Waals surface area contributed by atoms with Gasteiger partial charge in [-0.25, -0.2) is 0 Å². The van der Waals surface area contributed by atoms with Crippen LogP contribution in [-0.2, 0) is 15.5 Å². The molecule has 0 aromatic rings. The molecule has 0 spiro atoms. The minimum absolute atomic E-state index is 0.834. The Balaban J connectivity index is 2.76. The first-order valence-corrected chi connectivity index (χ1v) is 5.08. The second-order valence-corrected chi connectivity index (χ2v) is 3.85. The molecule has 0 aromatic carbocycles. The number of methoxy groups -OCH3 is 1. The van der Waals surface area contributed by atoms with Crippen molar-refractivity contribution in [3.63, 3.8) is 0 Å². The number of hydrogen-bond donors (Lipinski definition) is 0. The van der Waals surface area contributed by atoms with Crippen LogP contribution in [0.1, 0.15) is 12.8 Å². The summed E-state index contributed by atoms with van der Waals surface area (Å²) < 4.78 is 16.0. The molecule has 1 atom stereocenters. The van der Waals surface area contributed by atoms with Crippen molar-refractivity contribution in [3.05, 3.63) is 22.8 Å². The summed E-state index contributed by atoms with van der Waals surface area (Å²) in [4.78, 5) is 0.976. The Labute approximate surface area is 69.4 Å². The average Bonchev–Trinajstić information content (AvgIpc) is 2.05. The van der Waals surface area contributed by atoms with E-state index >= 15 is 0 Å². The fourth-order valence-corrected chi connectivity index (χ4v) is 1.70. The van der Waals surface area contributed by atoms with E-state index in [2.05, 4.69) is 0 Å². The summed E-state index contributed by atoms with van der Waals surface area (Å²) in [6, 6.07) is 0. The van der Waals surface area contributed by atoms with Gasteiger partial charge in [-0.15, -0.1) is 0 Å². The molecule has 0 bridgehead atoms. The van der Waals surface area contributed by atoms with E-state index in [-0.39, 0.29) is 0 Å². The highest BCUT2D eigenvalue weighted by Crippen LogP contribution is 2.19. The Morgan fingerprint density at radius 2 is 2.36 bits per heavy atom. The van der Waals surface area contributed by atoms with Gasteiger partial charge in [-0.1, -0.05) is 0 Å². The molecular formula is C8H12O2S. The first-order chi connectivity index (χ1) is 5.24. The third-order valence-electron chi connectivity index (χ3n) is 1.64. The molecule has 0 amide bonds. The van der Waals surface area contributed by atoms with Crippen LogP contribution < -0.4 is 0 Å². The van der Waals surface area contributed by atoms with Gasteiger partial charge >= 0.3 is 0 Å². The van der Waals surface area contributed by atoms with E-state index in [0.717, 1.165) is 23.5 Å². The molecule has 0 fully saturated rings. The van der Waals surface area contributed by atoms with Gasteiger partial charge in [0.25, 0.3) is 0 Å². The van der Waals surface area contributed by atoms with Crippen LogP contribution in [0.4, 0.5) is 0 Å². The second-order valence-electron chi connectivity index (χ2n) is 2.41. The minimum atomic E-state index is -0.834. The maximum Gasteiger partial charge on any atom is 0.115 e. The topological polar surface area (TPSA) is 26.3 Å². The van der Waals surface area contributed by atoms with E-state index in [1.54, 1.807) is 13.4 Å². The monoisotopic (exact) mass is 172 g/mol. The van der Waals surface area contributed by atoms with Gasteiger partial charge in [0.05, 0.1) is 7.11 Å². The number of allylic oxidation sites excluding steroid dienone is 3. The molecule has 0 aromatic heterocycles. The van der Waals surface area contributed by atoms with Crippen molar-refractivity contribution in [1.82, 2.24) is 0 Å². The van der Waals surface area contributed by atoms with Crippen LogP contribution in [0.3, 0.4) is 0 Å². The van der Waals surface area contributed by atoms with Crippen molar-refractivity contribution >= 4 is 10.8 Å². The third kappa shape index (κ3) is 2.19. The van der Waals surface area contributed by atoms with Crippen molar-refractivity contribution in [2.75, 3.05) is 13.4 Å². The summed E-state index contributed by atoms with van der Waals surface area (Å²) in [7, 11) is 0.795. The van der Waals surface area contributed by atoms with Crippen molar-refractivity contribution in [2.24, 2.45) is 0 Å². The first-order valence-electron chi connectivity index (χ1n) is 3.52. The van der Waals surface area contributed by atoms with Crippen LogP contribution in [0.5, 0.6) is 0 Å². The maximum atomic E-state index is 11.0. The Morgan fingerprint density at radius 3 is 2.91 bits per heavy atom. The SMILES string of the molecule is COC1=CCCC(S(C)=O)=C1. The molecular weight excluding hydrogens is 160 g/mol. The van der Waals surface area contributed by atoms with Gasteiger partial charge < -0.3 is 4.74 Å². The normalized spacial score (nSPS) is 20.2. The number of rotatable bonds is 2. The predicted molar refractivity (Wildman–Crippen MR) is 46.5 cm³/mol. The van der Waals surface area contributed by atoms with E-state index < -0.39 is 10.8 Å². The zero-order valence-corrected chi connectivity index (χ0v) is 7.61. The van der Waals surface area contributed by atoms with Crippen LogP contribution in [0.2, 0.25) is 0 Å². The predicted octanol–water partition coefficient (Wildman–Crippen LogP) is 1.57.